The first-order chi connectivity index (χ1) is 10.6. The summed E-state index contributed by atoms with van der Waals surface area (Å²) in [5, 5.41) is 6.82. The van der Waals surface area contributed by atoms with E-state index < -0.39 is 0 Å². The van der Waals surface area contributed by atoms with Crippen molar-refractivity contribution in [3.05, 3.63) is 29.8 Å². The molecule has 1 saturated carbocycles. The van der Waals surface area contributed by atoms with E-state index in [0.29, 0.717) is 24.0 Å². The summed E-state index contributed by atoms with van der Waals surface area (Å²) >= 11 is 0. The molecule has 0 unspecified atom stereocenters. The fourth-order valence-corrected chi connectivity index (χ4v) is 3.78. The lowest BCUT2D eigenvalue weighted by atomic mass is 9.88. The van der Waals surface area contributed by atoms with Gasteiger partial charge in [-0.15, -0.1) is 0 Å². The van der Waals surface area contributed by atoms with Crippen LogP contribution in [0.15, 0.2) is 24.3 Å². The van der Waals surface area contributed by atoms with Crippen LogP contribution in [0.4, 0.5) is 0 Å². The molecule has 2 aliphatic rings. The number of benzene rings is 1. The van der Waals surface area contributed by atoms with Gasteiger partial charge >= 0.3 is 0 Å². The van der Waals surface area contributed by atoms with Crippen molar-refractivity contribution < 1.29 is 9.53 Å². The first-order valence-electron chi connectivity index (χ1n) is 8.38. The van der Waals surface area contributed by atoms with Crippen LogP contribution in [0.5, 0.6) is 5.75 Å². The molecule has 120 valence electrons. The van der Waals surface area contributed by atoms with Crippen LogP contribution in [0, 0.1) is 0 Å². The molecule has 3 rings (SSSR count). The second-order valence-corrected chi connectivity index (χ2v) is 6.66. The highest BCUT2D eigenvalue weighted by Gasteiger charge is 2.31. The zero-order valence-corrected chi connectivity index (χ0v) is 13.5. The Morgan fingerprint density at radius 1 is 1.18 bits per heavy atom. The predicted octanol–water partition coefficient (Wildman–Crippen LogP) is 2.59. The minimum atomic E-state index is 0.0875. The van der Waals surface area contributed by atoms with Crippen LogP contribution in [0.2, 0.25) is 0 Å². The largest absolute Gasteiger partial charge is 0.493 e. The normalized spacial score (nSPS) is 28.5. The highest BCUT2D eigenvalue weighted by atomic mass is 16.5. The number of amides is 1. The summed E-state index contributed by atoms with van der Waals surface area (Å²) in [6.07, 6.45) is 4.40. The standard InChI is InChI=1S/C18H26N2O2/c1-12(17-11-22-18-6-4-3-5-16(17)18)19-14-7-9-15(10-8-14)20-13(2)21/h3-6,12,14-15,17,19H,7-11H2,1-2H3,(H,20,21)/t12-,14?,15?,17+/m1/s1. The second-order valence-electron chi connectivity index (χ2n) is 6.66. The monoisotopic (exact) mass is 302 g/mol. The number of fused-ring (bicyclic) bond motifs is 1. The summed E-state index contributed by atoms with van der Waals surface area (Å²) in [7, 11) is 0. The highest BCUT2D eigenvalue weighted by Crippen LogP contribution is 2.36. The maximum Gasteiger partial charge on any atom is 0.217 e. The third-order valence-electron chi connectivity index (χ3n) is 4.97. The van der Waals surface area contributed by atoms with Gasteiger partial charge in [-0.1, -0.05) is 18.2 Å². The summed E-state index contributed by atoms with van der Waals surface area (Å²) < 4.78 is 5.79. The third kappa shape index (κ3) is 3.43. The van der Waals surface area contributed by atoms with Gasteiger partial charge in [0.1, 0.15) is 5.75 Å². The van der Waals surface area contributed by atoms with Gasteiger partial charge < -0.3 is 15.4 Å². The fourth-order valence-electron chi connectivity index (χ4n) is 3.78. The maximum absolute atomic E-state index is 11.1. The minimum Gasteiger partial charge on any atom is -0.493 e. The lowest BCUT2D eigenvalue weighted by molar-refractivity contribution is -0.119. The summed E-state index contributed by atoms with van der Waals surface area (Å²) in [4.78, 5) is 11.1. The number of carbonyl (C=O) groups is 1. The van der Waals surface area contributed by atoms with Crippen molar-refractivity contribution >= 4 is 5.91 Å². The van der Waals surface area contributed by atoms with Crippen LogP contribution in [-0.4, -0.2) is 30.6 Å². The Balaban J connectivity index is 1.51. The number of ether oxygens (including phenoxy) is 1. The first-order valence-corrected chi connectivity index (χ1v) is 8.38. The van der Waals surface area contributed by atoms with Crippen LogP contribution in [0.3, 0.4) is 0 Å². The molecular formula is C18H26N2O2. The van der Waals surface area contributed by atoms with E-state index in [4.69, 9.17) is 4.74 Å². The molecule has 4 heteroatoms. The molecule has 1 aliphatic carbocycles. The lowest BCUT2D eigenvalue weighted by Gasteiger charge is -2.33. The van der Waals surface area contributed by atoms with Gasteiger partial charge in [-0.05, 0) is 38.7 Å². The van der Waals surface area contributed by atoms with Crippen LogP contribution >= 0.6 is 0 Å². The quantitative estimate of drug-likeness (QED) is 0.899. The van der Waals surface area contributed by atoms with E-state index in [-0.39, 0.29) is 5.91 Å². The van der Waals surface area contributed by atoms with E-state index in [2.05, 4.69) is 35.8 Å². The lowest BCUT2D eigenvalue weighted by Crippen LogP contribution is -2.45. The zero-order chi connectivity index (χ0) is 15.5. The van der Waals surface area contributed by atoms with Gasteiger partial charge in [0.05, 0.1) is 6.61 Å². The van der Waals surface area contributed by atoms with Crippen molar-refractivity contribution in [3.63, 3.8) is 0 Å². The molecule has 1 heterocycles. The van der Waals surface area contributed by atoms with Crippen molar-refractivity contribution in [1.82, 2.24) is 10.6 Å². The molecule has 1 aromatic carbocycles. The molecule has 0 spiro atoms. The molecule has 22 heavy (non-hydrogen) atoms. The molecule has 1 fully saturated rings. The predicted molar refractivity (Wildman–Crippen MR) is 87.1 cm³/mol. The molecule has 0 bridgehead atoms. The molecule has 1 aromatic rings. The second kappa shape index (κ2) is 6.69. The summed E-state index contributed by atoms with van der Waals surface area (Å²) in [6, 6.07) is 9.67. The van der Waals surface area contributed by atoms with Crippen LogP contribution in [0.25, 0.3) is 0 Å². The Labute approximate surface area is 132 Å². The number of hydrogen-bond donors (Lipinski definition) is 2. The Kier molecular flexibility index (Phi) is 4.67. The van der Waals surface area contributed by atoms with E-state index in [1.165, 1.54) is 5.56 Å². The Hall–Kier alpha value is -1.55. The number of para-hydroxylation sites is 1. The number of rotatable bonds is 4. The van der Waals surface area contributed by atoms with Gasteiger partial charge in [-0.25, -0.2) is 0 Å². The molecule has 1 amide bonds. The Morgan fingerprint density at radius 3 is 2.59 bits per heavy atom. The first kappa shape index (κ1) is 15.3. The average Bonchev–Trinajstić information content (AvgIpc) is 2.93. The van der Waals surface area contributed by atoms with Crippen molar-refractivity contribution in [2.75, 3.05) is 6.61 Å². The molecule has 2 atom stereocenters. The third-order valence-corrected chi connectivity index (χ3v) is 4.97. The van der Waals surface area contributed by atoms with Crippen LogP contribution < -0.4 is 15.4 Å². The average molecular weight is 302 g/mol. The van der Waals surface area contributed by atoms with Gasteiger partial charge in [0.25, 0.3) is 0 Å². The van der Waals surface area contributed by atoms with Crippen molar-refractivity contribution in [3.8, 4) is 5.75 Å². The van der Waals surface area contributed by atoms with Gasteiger partial charge in [0, 0.05) is 36.5 Å². The Morgan fingerprint density at radius 2 is 1.86 bits per heavy atom. The van der Waals surface area contributed by atoms with E-state index in [9.17, 15) is 4.79 Å². The van der Waals surface area contributed by atoms with Gasteiger partial charge in [0.2, 0.25) is 5.91 Å². The minimum absolute atomic E-state index is 0.0875. The van der Waals surface area contributed by atoms with Gasteiger partial charge in [-0.3, -0.25) is 4.79 Å². The molecule has 0 saturated heterocycles. The van der Waals surface area contributed by atoms with Crippen molar-refractivity contribution in [2.45, 2.75) is 63.6 Å². The maximum atomic E-state index is 11.1. The topological polar surface area (TPSA) is 50.4 Å². The SMILES string of the molecule is CC(=O)NC1CCC(N[C@H](C)[C@@H]2COc3ccccc32)CC1. The van der Waals surface area contributed by atoms with Crippen LogP contribution in [-0.2, 0) is 4.79 Å². The Bertz CT molecular complexity index is 524. The van der Waals surface area contributed by atoms with E-state index >= 15 is 0 Å². The number of carbonyl (C=O) groups excluding carboxylic acids is 1. The molecule has 0 aromatic heterocycles. The summed E-state index contributed by atoms with van der Waals surface area (Å²) in [5.41, 5.74) is 1.33. The fraction of sp³-hybridized carbons (Fsp3) is 0.611. The molecule has 4 nitrogen and oxygen atoms in total. The van der Waals surface area contributed by atoms with E-state index in [1.54, 1.807) is 6.92 Å². The van der Waals surface area contributed by atoms with E-state index in [0.717, 1.165) is 38.0 Å². The van der Waals surface area contributed by atoms with Crippen molar-refractivity contribution in [1.29, 1.82) is 0 Å². The van der Waals surface area contributed by atoms with Gasteiger partial charge in [-0.2, -0.15) is 0 Å². The highest BCUT2D eigenvalue weighted by molar-refractivity contribution is 5.73. The van der Waals surface area contributed by atoms with Crippen molar-refractivity contribution in [2.24, 2.45) is 0 Å². The number of nitrogens with one attached hydrogen (secondary N) is 2. The molecular weight excluding hydrogens is 276 g/mol. The van der Waals surface area contributed by atoms with Gasteiger partial charge in [0.15, 0.2) is 0 Å². The van der Waals surface area contributed by atoms with Crippen LogP contribution in [0.1, 0.15) is 51.0 Å². The molecule has 2 N–H and O–H groups in total. The zero-order valence-electron chi connectivity index (χ0n) is 13.5. The molecule has 0 radical (unpaired) electrons. The molecule has 1 aliphatic heterocycles. The number of hydrogen-bond acceptors (Lipinski definition) is 3. The van der Waals surface area contributed by atoms with E-state index in [1.807, 2.05) is 6.07 Å². The summed E-state index contributed by atoms with van der Waals surface area (Å²) in [6.45, 7) is 4.63. The smallest absolute Gasteiger partial charge is 0.217 e. The summed E-state index contributed by atoms with van der Waals surface area (Å²) in [5.74, 6) is 1.56.